The summed E-state index contributed by atoms with van der Waals surface area (Å²) in [6.45, 7) is 2.74. The van der Waals surface area contributed by atoms with E-state index in [0.29, 0.717) is 19.1 Å². The molecule has 0 saturated heterocycles. The van der Waals surface area contributed by atoms with Crippen LogP contribution in [0.15, 0.2) is 0 Å². The number of aliphatic hydroxyl groups excluding tert-OH is 1. The van der Waals surface area contributed by atoms with Gasteiger partial charge in [-0.05, 0) is 19.3 Å². The molecule has 0 spiro atoms. The third-order valence-corrected chi connectivity index (χ3v) is 4.57. The van der Waals surface area contributed by atoms with Crippen molar-refractivity contribution in [1.82, 2.24) is 0 Å². The summed E-state index contributed by atoms with van der Waals surface area (Å²) in [5.74, 6) is -0.669. The molecule has 24 heavy (non-hydrogen) atoms. The van der Waals surface area contributed by atoms with Crippen LogP contribution in [0.5, 0.6) is 0 Å². The molecule has 1 unspecified atom stereocenters. The number of hydrogen-bond donors (Lipinski definition) is 2. The van der Waals surface area contributed by atoms with Gasteiger partial charge in [-0.25, -0.2) is 0 Å². The van der Waals surface area contributed by atoms with E-state index >= 15 is 0 Å². The first-order chi connectivity index (χ1) is 11.7. The largest absolute Gasteiger partial charge is 0.481 e. The fourth-order valence-corrected chi connectivity index (χ4v) is 3.04. The van der Waals surface area contributed by atoms with E-state index < -0.39 is 5.97 Å². The lowest BCUT2D eigenvalue weighted by molar-refractivity contribution is -0.137. The Morgan fingerprint density at radius 3 is 1.71 bits per heavy atom. The summed E-state index contributed by atoms with van der Waals surface area (Å²) < 4.78 is 5.58. The lowest BCUT2D eigenvalue weighted by Crippen LogP contribution is -2.14. The fourth-order valence-electron chi connectivity index (χ4n) is 3.04. The Morgan fingerprint density at radius 1 is 0.833 bits per heavy atom. The molecular weight excluding hydrogens is 304 g/mol. The van der Waals surface area contributed by atoms with Crippen LogP contribution in [-0.2, 0) is 9.53 Å². The summed E-state index contributed by atoms with van der Waals surface area (Å²) in [5, 5.41) is 17.3. The van der Waals surface area contributed by atoms with Crippen molar-refractivity contribution < 1.29 is 19.7 Å². The van der Waals surface area contributed by atoms with E-state index in [0.717, 1.165) is 25.7 Å². The van der Waals surface area contributed by atoms with Gasteiger partial charge in [0.1, 0.15) is 0 Å². The molecule has 0 rings (SSSR count). The third kappa shape index (κ3) is 17.7. The minimum absolute atomic E-state index is 0.124. The monoisotopic (exact) mass is 344 g/mol. The van der Waals surface area contributed by atoms with Gasteiger partial charge in [0.15, 0.2) is 0 Å². The van der Waals surface area contributed by atoms with Crippen molar-refractivity contribution in [3.05, 3.63) is 0 Å². The second-order valence-corrected chi connectivity index (χ2v) is 6.80. The molecule has 1 atom stereocenters. The van der Waals surface area contributed by atoms with Gasteiger partial charge in [-0.3, -0.25) is 4.79 Å². The molecule has 0 aromatic heterocycles. The zero-order valence-corrected chi connectivity index (χ0v) is 15.8. The predicted octanol–water partition coefficient (Wildman–Crippen LogP) is 5.32. The molecule has 0 saturated carbocycles. The van der Waals surface area contributed by atoms with Crippen LogP contribution in [0.2, 0.25) is 0 Å². The van der Waals surface area contributed by atoms with Gasteiger partial charge in [0.25, 0.3) is 0 Å². The smallest absolute Gasteiger partial charge is 0.303 e. The molecular formula is C20H40O4. The van der Waals surface area contributed by atoms with Crippen LogP contribution >= 0.6 is 0 Å². The van der Waals surface area contributed by atoms with Crippen molar-refractivity contribution >= 4 is 5.97 Å². The topological polar surface area (TPSA) is 66.8 Å². The number of carboxylic acid groups (broad SMARTS) is 1. The lowest BCUT2D eigenvalue weighted by Gasteiger charge is -2.15. The van der Waals surface area contributed by atoms with Crippen LogP contribution in [0, 0.1) is 0 Å². The second kappa shape index (κ2) is 18.7. The van der Waals surface area contributed by atoms with Crippen molar-refractivity contribution in [3.63, 3.8) is 0 Å². The molecule has 2 N–H and O–H groups in total. The van der Waals surface area contributed by atoms with Crippen molar-refractivity contribution in [2.45, 2.75) is 109 Å². The molecule has 0 aliphatic heterocycles. The Bertz CT molecular complexity index is 268. The van der Waals surface area contributed by atoms with Crippen molar-refractivity contribution in [1.29, 1.82) is 0 Å². The Morgan fingerprint density at radius 2 is 1.29 bits per heavy atom. The maximum absolute atomic E-state index is 10.4. The molecule has 0 aliphatic rings. The molecule has 0 radical (unpaired) electrons. The number of carbonyl (C=O) groups is 1. The average molecular weight is 345 g/mol. The summed E-state index contributed by atoms with van der Waals surface area (Å²) >= 11 is 0. The quantitative estimate of drug-likeness (QED) is 0.311. The molecule has 144 valence electrons. The number of aliphatic hydroxyl groups is 1. The summed E-state index contributed by atoms with van der Waals surface area (Å²) in [4.78, 5) is 10.4. The Hall–Kier alpha value is -0.610. The highest BCUT2D eigenvalue weighted by atomic mass is 16.5. The minimum atomic E-state index is -0.669. The van der Waals surface area contributed by atoms with E-state index in [1.54, 1.807) is 0 Å². The van der Waals surface area contributed by atoms with Gasteiger partial charge >= 0.3 is 5.97 Å². The zero-order chi connectivity index (χ0) is 17.9. The van der Waals surface area contributed by atoms with E-state index in [2.05, 4.69) is 6.92 Å². The van der Waals surface area contributed by atoms with E-state index in [4.69, 9.17) is 14.9 Å². The van der Waals surface area contributed by atoms with Gasteiger partial charge in [0.05, 0.1) is 19.3 Å². The molecule has 0 fully saturated rings. The number of rotatable bonds is 19. The Kier molecular flexibility index (Phi) is 18.2. The second-order valence-electron chi connectivity index (χ2n) is 6.80. The van der Waals surface area contributed by atoms with E-state index in [1.165, 1.54) is 64.2 Å². The predicted molar refractivity (Wildman–Crippen MR) is 99.4 cm³/mol. The summed E-state index contributed by atoms with van der Waals surface area (Å²) in [6.07, 6.45) is 17.7. The SMILES string of the molecule is CCC(CCCCCCCCCCCCCCC(=O)O)OCCO. The summed E-state index contributed by atoms with van der Waals surface area (Å²) in [6, 6.07) is 0. The fraction of sp³-hybridized carbons (Fsp3) is 0.950. The molecule has 0 aromatic rings. The van der Waals surface area contributed by atoms with Crippen LogP contribution in [0.25, 0.3) is 0 Å². The number of ether oxygens (including phenoxy) is 1. The number of hydrogen-bond acceptors (Lipinski definition) is 3. The van der Waals surface area contributed by atoms with E-state index in [1.807, 2.05) is 0 Å². The van der Waals surface area contributed by atoms with Gasteiger partial charge in [-0.1, -0.05) is 77.6 Å². The highest BCUT2D eigenvalue weighted by molar-refractivity contribution is 5.66. The first-order valence-electron chi connectivity index (χ1n) is 10.1. The van der Waals surface area contributed by atoms with E-state index in [-0.39, 0.29) is 6.61 Å². The minimum Gasteiger partial charge on any atom is -0.481 e. The van der Waals surface area contributed by atoms with Crippen molar-refractivity contribution in [3.8, 4) is 0 Å². The molecule has 4 nitrogen and oxygen atoms in total. The van der Waals surface area contributed by atoms with Gasteiger partial charge in [-0.2, -0.15) is 0 Å². The van der Waals surface area contributed by atoms with Gasteiger partial charge in [-0.15, -0.1) is 0 Å². The van der Waals surface area contributed by atoms with Crippen LogP contribution in [-0.4, -0.2) is 35.5 Å². The maximum Gasteiger partial charge on any atom is 0.303 e. The summed E-state index contributed by atoms with van der Waals surface area (Å²) in [7, 11) is 0. The number of unbranched alkanes of at least 4 members (excludes halogenated alkanes) is 11. The first-order valence-corrected chi connectivity index (χ1v) is 10.1. The van der Waals surface area contributed by atoms with Crippen LogP contribution < -0.4 is 0 Å². The van der Waals surface area contributed by atoms with Gasteiger partial charge in [0.2, 0.25) is 0 Å². The zero-order valence-electron chi connectivity index (χ0n) is 15.8. The van der Waals surface area contributed by atoms with Crippen LogP contribution in [0.3, 0.4) is 0 Å². The first kappa shape index (κ1) is 23.4. The highest BCUT2D eigenvalue weighted by Crippen LogP contribution is 2.14. The van der Waals surface area contributed by atoms with Crippen molar-refractivity contribution in [2.24, 2.45) is 0 Å². The van der Waals surface area contributed by atoms with Crippen LogP contribution in [0.1, 0.15) is 103 Å². The molecule has 0 heterocycles. The number of carboxylic acids is 1. The van der Waals surface area contributed by atoms with Crippen LogP contribution in [0.4, 0.5) is 0 Å². The van der Waals surface area contributed by atoms with Gasteiger partial charge in [0, 0.05) is 6.42 Å². The molecule has 0 aliphatic carbocycles. The Balaban J connectivity index is 3.15. The average Bonchev–Trinajstić information content (AvgIpc) is 2.57. The number of aliphatic carboxylic acids is 1. The van der Waals surface area contributed by atoms with Crippen molar-refractivity contribution in [2.75, 3.05) is 13.2 Å². The van der Waals surface area contributed by atoms with E-state index in [9.17, 15) is 4.79 Å². The standard InChI is InChI=1S/C20H40O4/c1-2-19(24-18-17-21)15-13-11-9-7-5-3-4-6-8-10-12-14-16-20(22)23/h19,21H,2-18H2,1H3,(H,22,23). The maximum atomic E-state index is 10.4. The van der Waals surface area contributed by atoms with Gasteiger partial charge < -0.3 is 14.9 Å². The highest BCUT2D eigenvalue weighted by Gasteiger charge is 2.05. The molecule has 0 bridgehead atoms. The molecule has 4 heteroatoms. The normalized spacial score (nSPS) is 12.4. The molecule has 0 aromatic carbocycles. The summed E-state index contributed by atoms with van der Waals surface area (Å²) in [5.41, 5.74) is 0. The Labute approximate surface area is 149 Å². The molecule has 0 amide bonds. The third-order valence-electron chi connectivity index (χ3n) is 4.57. The lowest BCUT2D eigenvalue weighted by atomic mass is 10.0.